The van der Waals surface area contributed by atoms with Crippen LogP contribution in [0.4, 0.5) is 0 Å². The molecule has 0 bridgehead atoms. The Bertz CT molecular complexity index is 688. The van der Waals surface area contributed by atoms with Crippen LogP contribution in [0.5, 0.6) is 0 Å². The number of amides is 1. The number of carbonyl (C=O) groups excluding carboxylic acids is 1. The smallest absolute Gasteiger partial charge is 0.242 e. The normalized spacial score (nSPS) is 14.8. The van der Waals surface area contributed by atoms with E-state index in [0.717, 1.165) is 41.7 Å². The van der Waals surface area contributed by atoms with Crippen molar-refractivity contribution in [2.24, 2.45) is 5.73 Å². The zero-order valence-electron chi connectivity index (χ0n) is 11.7. The summed E-state index contributed by atoms with van der Waals surface area (Å²) in [6.07, 6.45) is 4.12. The molecule has 2 aromatic rings. The lowest BCUT2D eigenvalue weighted by atomic mass is 10.2. The van der Waals surface area contributed by atoms with E-state index < -0.39 is 0 Å². The first-order chi connectivity index (χ1) is 10.1. The molecule has 6 heteroatoms. The molecule has 0 unspecified atom stereocenters. The lowest BCUT2D eigenvalue weighted by molar-refractivity contribution is -0.130. The molecule has 1 aromatic heterocycles. The van der Waals surface area contributed by atoms with Gasteiger partial charge in [0.25, 0.3) is 0 Å². The van der Waals surface area contributed by atoms with E-state index in [2.05, 4.69) is 0 Å². The summed E-state index contributed by atoms with van der Waals surface area (Å²) in [7, 11) is 0. The molecule has 1 amide bonds. The minimum Gasteiger partial charge on any atom is -0.378 e. The van der Waals surface area contributed by atoms with Crippen LogP contribution >= 0.6 is 11.8 Å². The summed E-state index contributed by atoms with van der Waals surface area (Å²) in [5.41, 5.74) is 6.50. The van der Waals surface area contributed by atoms with Gasteiger partial charge >= 0.3 is 0 Å². The fourth-order valence-corrected chi connectivity index (χ4v) is 3.46. The van der Waals surface area contributed by atoms with Gasteiger partial charge in [-0.3, -0.25) is 10.2 Å². The third-order valence-electron chi connectivity index (χ3n) is 3.74. The number of hydrogen-bond acceptors (Lipinski definition) is 3. The lowest BCUT2D eigenvalue weighted by Crippen LogP contribution is -2.30. The third-order valence-corrected chi connectivity index (χ3v) is 4.50. The molecule has 3 N–H and O–H groups in total. The van der Waals surface area contributed by atoms with Crippen LogP contribution in [0.1, 0.15) is 12.8 Å². The maximum absolute atomic E-state index is 12.3. The Morgan fingerprint density at radius 2 is 2.00 bits per heavy atom. The number of nitrogens with zero attached hydrogens (tertiary/aromatic N) is 2. The summed E-state index contributed by atoms with van der Waals surface area (Å²) in [6, 6.07) is 7.91. The number of benzene rings is 1. The number of carbonyl (C=O) groups is 1. The SMILES string of the molecule is N=C(N)Sc1cn(CC(=O)N2CCCC2)c2ccccc12. The molecule has 0 atom stereocenters. The van der Waals surface area contributed by atoms with Gasteiger partial charge in [-0.05, 0) is 18.9 Å². The molecule has 1 saturated heterocycles. The van der Waals surface area contributed by atoms with Gasteiger partial charge in [-0.1, -0.05) is 30.0 Å². The van der Waals surface area contributed by atoms with Crippen LogP contribution in [0, 0.1) is 5.41 Å². The Morgan fingerprint density at radius 3 is 2.71 bits per heavy atom. The fraction of sp³-hybridized carbons (Fsp3) is 0.333. The van der Waals surface area contributed by atoms with E-state index in [1.54, 1.807) is 0 Å². The molecule has 0 aliphatic carbocycles. The van der Waals surface area contributed by atoms with Crippen molar-refractivity contribution in [1.29, 1.82) is 5.41 Å². The van der Waals surface area contributed by atoms with Crippen LogP contribution in [-0.4, -0.2) is 33.6 Å². The van der Waals surface area contributed by atoms with Crippen molar-refractivity contribution in [1.82, 2.24) is 9.47 Å². The number of nitrogens with one attached hydrogen (secondary N) is 1. The highest BCUT2D eigenvalue weighted by atomic mass is 32.2. The standard InChI is InChI=1S/C15H18N4OS/c16-15(17)21-13-9-19(12-6-2-1-5-11(12)13)10-14(20)18-7-3-4-8-18/h1-2,5-6,9H,3-4,7-8,10H2,(H3,16,17). The molecule has 1 aliphatic rings. The first-order valence-electron chi connectivity index (χ1n) is 7.02. The van der Waals surface area contributed by atoms with Crippen molar-refractivity contribution in [2.75, 3.05) is 13.1 Å². The van der Waals surface area contributed by atoms with E-state index in [1.807, 2.05) is 39.9 Å². The number of rotatable bonds is 3. The van der Waals surface area contributed by atoms with Gasteiger partial charge in [-0.25, -0.2) is 0 Å². The number of thioether (sulfide) groups is 1. The van der Waals surface area contributed by atoms with Crippen molar-refractivity contribution >= 4 is 33.7 Å². The van der Waals surface area contributed by atoms with Crippen LogP contribution in [0.3, 0.4) is 0 Å². The zero-order chi connectivity index (χ0) is 14.8. The highest BCUT2D eigenvalue weighted by molar-refractivity contribution is 8.13. The second kappa shape index (κ2) is 5.81. The number of para-hydroxylation sites is 1. The van der Waals surface area contributed by atoms with Crippen LogP contribution in [0.15, 0.2) is 35.4 Å². The molecule has 1 aliphatic heterocycles. The number of likely N-dealkylation sites (tertiary alicyclic amines) is 1. The number of nitrogens with two attached hydrogens (primary N) is 1. The van der Waals surface area contributed by atoms with Crippen LogP contribution in [0.2, 0.25) is 0 Å². The van der Waals surface area contributed by atoms with Gasteiger partial charge in [-0.15, -0.1) is 0 Å². The summed E-state index contributed by atoms with van der Waals surface area (Å²) >= 11 is 1.22. The van der Waals surface area contributed by atoms with Crippen LogP contribution in [-0.2, 0) is 11.3 Å². The van der Waals surface area contributed by atoms with Crippen molar-refractivity contribution in [2.45, 2.75) is 24.3 Å². The van der Waals surface area contributed by atoms with Gasteiger partial charge in [0.05, 0.1) is 0 Å². The monoisotopic (exact) mass is 302 g/mol. The van der Waals surface area contributed by atoms with Gasteiger partial charge in [-0.2, -0.15) is 0 Å². The zero-order valence-corrected chi connectivity index (χ0v) is 12.5. The van der Waals surface area contributed by atoms with Crippen LogP contribution < -0.4 is 5.73 Å². The quantitative estimate of drug-likeness (QED) is 0.519. The number of fused-ring (bicyclic) bond motifs is 1. The minimum absolute atomic E-state index is 0.0590. The predicted octanol–water partition coefficient (Wildman–Crippen LogP) is 2.25. The fourth-order valence-electron chi connectivity index (χ4n) is 2.76. The number of amidine groups is 1. The first kappa shape index (κ1) is 14.0. The predicted molar refractivity (Wildman–Crippen MR) is 85.5 cm³/mol. The summed E-state index contributed by atoms with van der Waals surface area (Å²) in [5, 5.41) is 8.54. The van der Waals surface area contributed by atoms with Gasteiger partial charge in [0, 0.05) is 35.1 Å². The van der Waals surface area contributed by atoms with Gasteiger partial charge in [0.1, 0.15) is 6.54 Å². The average Bonchev–Trinajstić information content (AvgIpc) is 3.08. The van der Waals surface area contributed by atoms with Crippen molar-refractivity contribution in [3.63, 3.8) is 0 Å². The van der Waals surface area contributed by atoms with E-state index in [0.29, 0.717) is 6.54 Å². The summed E-state index contributed by atoms with van der Waals surface area (Å²) < 4.78 is 1.96. The molecule has 0 spiro atoms. The van der Waals surface area contributed by atoms with Crippen molar-refractivity contribution in [3.8, 4) is 0 Å². The summed E-state index contributed by atoms with van der Waals surface area (Å²) in [4.78, 5) is 15.2. The second-order valence-corrected chi connectivity index (χ2v) is 6.28. The number of aromatic nitrogens is 1. The molecule has 2 heterocycles. The molecule has 5 nitrogen and oxygen atoms in total. The van der Waals surface area contributed by atoms with Gasteiger partial charge in [0.2, 0.25) is 5.91 Å². The van der Waals surface area contributed by atoms with Crippen LogP contribution in [0.25, 0.3) is 10.9 Å². The Morgan fingerprint density at radius 1 is 1.29 bits per heavy atom. The van der Waals surface area contributed by atoms with Crippen molar-refractivity contribution < 1.29 is 4.79 Å². The highest BCUT2D eigenvalue weighted by Gasteiger charge is 2.19. The Kier molecular flexibility index (Phi) is 3.88. The van der Waals surface area contributed by atoms with E-state index >= 15 is 0 Å². The Balaban J connectivity index is 1.90. The topological polar surface area (TPSA) is 75.1 Å². The molecule has 21 heavy (non-hydrogen) atoms. The Hall–Kier alpha value is -1.95. The molecular weight excluding hydrogens is 284 g/mol. The van der Waals surface area contributed by atoms with E-state index in [1.165, 1.54) is 11.8 Å². The van der Waals surface area contributed by atoms with E-state index in [4.69, 9.17) is 11.1 Å². The van der Waals surface area contributed by atoms with Gasteiger partial charge in [0.15, 0.2) is 5.17 Å². The number of hydrogen-bond donors (Lipinski definition) is 2. The molecule has 0 radical (unpaired) electrons. The molecule has 1 aromatic carbocycles. The largest absolute Gasteiger partial charge is 0.378 e. The maximum atomic E-state index is 12.3. The lowest BCUT2D eigenvalue weighted by Gasteiger charge is -2.15. The summed E-state index contributed by atoms with van der Waals surface area (Å²) in [5.74, 6) is 0.160. The Labute approximate surface area is 127 Å². The van der Waals surface area contributed by atoms with Crippen molar-refractivity contribution in [3.05, 3.63) is 30.5 Å². The molecule has 1 fully saturated rings. The van der Waals surface area contributed by atoms with E-state index in [-0.39, 0.29) is 11.1 Å². The highest BCUT2D eigenvalue weighted by Crippen LogP contribution is 2.29. The van der Waals surface area contributed by atoms with E-state index in [9.17, 15) is 4.79 Å². The van der Waals surface area contributed by atoms with Gasteiger partial charge < -0.3 is 15.2 Å². The molecule has 110 valence electrons. The molecule has 0 saturated carbocycles. The average molecular weight is 302 g/mol. The third kappa shape index (κ3) is 2.90. The second-order valence-electron chi connectivity index (χ2n) is 5.19. The maximum Gasteiger partial charge on any atom is 0.242 e. The molecule has 3 rings (SSSR count). The first-order valence-corrected chi connectivity index (χ1v) is 7.84. The minimum atomic E-state index is 0.0590. The molecular formula is C15H18N4OS. The summed E-state index contributed by atoms with van der Waals surface area (Å²) in [6.45, 7) is 2.08.